The molecule has 2 fully saturated rings. The number of fused-ring (bicyclic) bond motifs is 1. The van der Waals surface area contributed by atoms with E-state index in [1.54, 1.807) is 0 Å². The number of aliphatic hydroxyl groups excluding tert-OH is 1. The van der Waals surface area contributed by atoms with Crippen molar-refractivity contribution in [1.29, 1.82) is 0 Å². The third kappa shape index (κ3) is 2.39. The summed E-state index contributed by atoms with van der Waals surface area (Å²) in [5.74, 6) is 1.01. The SMILES string of the molecule is NC(=S)c1cc(Br)ccc1N1CC2CCC(O)C2C1. The van der Waals surface area contributed by atoms with Crippen molar-refractivity contribution in [2.45, 2.75) is 18.9 Å². The number of nitrogens with two attached hydrogens (primary N) is 1. The zero-order valence-corrected chi connectivity index (χ0v) is 13.0. The minimum atomic E-state index is -0.140. The summed E-state index contributed by atoms with van der Waals surface area (Å²) in [7, 11) is 0. The first kappa shape index (κ1) is 13.3. The molecule has 3 unspecified atom stereocenters. The van der Waals surface area contributed by atoms with Gasteiger partial charge in [-0.05, 0) is 37.0 Å². The van der Waals surface area contributed by atoms with Crippen molar-refractivity contribution in [3.05, 3.63) is 28.2 Å². The zero-order valence-electron chi connectivity index (χ0n) is 10.6. The smallest absolute Gasteiger partial charge is 0.106 e. The molecule has 0 amide bonds. The molecule has 1 aliphatic carbocycles. The van der Waals surface area contributed by atoms with Crippen LogP contribution in [0.5, 0.6) is 0 Å². The van der Waals surface area contributed by atoms with Crippen LogP contribution in [0.25, 0.3) is 0 Å². The fourth-order valence-electron chi connectivity index (χ4n) is 3.41. The van der Waals surface area contributed by atoms with E-state index in [-0.39, 0.29) is 6.10 Å². The van der Waals surface area contributed by atoms with E-state index in [1.165, 1.54) is 0 Å². The quantitative estimate of drug-likeness (QED) is 0.811. The van der Waals surface area contributed by atoms with Crippen LogP contribution in [0, 0.1) is 11.8 Å². The number of benzene rings is 1. The van der Waals surface area contributed by atoms with E-state index < -0.39 is 0 Å². The van der Waals surface area contributed by atoms with E-state index in [9.17, 15) is 5.11 Å². The summed E-state index contributed by atoms with van der Waals surface area (Å²) in [5, 5.41) is 10.0. The number of anilines is 1. The van der Waals surface area contributed by atoms with Crippen LogP contribution in [-0.4, -0.2) is 29.3 Å². The van der Waals surface area contributed by atoms with Crippen LogP contribution < -0.4 is 10.6 Å². The molecule has 0 bridgehead atoms. The Morgan fingerprint density at radius 2 is 2.16 bits per heavy atom. The lowest BCUT2D eigenvalue weighted by molar-refractivity contribution is 0.133. The molecule has 1 saturated heterocycles. The molecule has 1 saturated carbocycles. The second-order valence-electron chi connectivity index (χ2n) is 5.50. The second-order valence-corrected chi connectivity index (χ2v) is 6.85. The minimum Gasteiger partial charge on any atom is -0.393 e. The molecule has 5 heteroatoms. The first-order valence-corrected chi connectivity index (χ1v) is 7.78. The minimum absolute atomic E-state index is 0.140. The highest BCUT2D eigenvalue weighted by Gasteiger charge is 2.42. The predicted molar refractivity (Wildman–Crippen MR) is 84.5 cm³/mol. The van der Waals surface area contributed by atoms with Gasteiger partial charge < -0.3 is 15.7 Å². The van der Waals surface area contributed by atoms with Crippen molar-refractivity contribution in [2.75, 3.05) is 18.0 Å². The van der Waals surface area contributed by atoms with Gasteiger partial charge in [-0.3, -0.25) is 0 Å². The van der Waals surface area contributed by atoms with E-state index in [4.69, 9.17) is 18.0 Å². The van der Waals surface area contributed by atoms with E-state index in [0.717, 1.165) is 41.7 Å². The summed E-state index contributed by atoms with van der Waals surface area (Å²) < 4.78 is 0.985. The monoisotopic (exact) mass is 340 g/mol. The molecular formula is C14H17BrN2OS. The molecule has 1 aromatic rings. The van der Waals surface area contributed by atoms with Crippen LogP contribution in [0.4, 0.5) is 5.69 Å². The fourth-order valence-corrected chi connectivity index (χ4v) is 3.94. The Balaban J connectivity index is 1.90. The third-order valence-corrected chi connectivity index (χ3v) is 5.10. The molecule has 1 aromatic carbocycles. The van der Waals surface area contributed by atoms with Crippen molar-refractivity contribution in [2.24, 2.45) is 17.6 Å². The molecule has 3 N–H and O–H groups in total. The third-order valence-electron chi connectivity index (χ3n) is 4.38. The molecule has 2 aliphatic rings. The molecule has 1 aliphatic heterocycles. The normalized spacial score (nSPS) is 29.6. The highest BCUT2D eigenvalue weighted by atomic mass is 79.9. The summed E-state index contributed by atoms with van der Waals surface area (Å²) >= 11 is 8.61. The topological polar surface area (TPSA) is 49.5 Å². The van der Waals surface area contributed by atoms with Crippen LogP contribution >= 0.6 is 28.1 Å². The molecule has 0 spiro atoms. The number of hydrogen-bond acceptors (Lipinski definition) is 3. The Kier molecular flexibility index (Phi) is 3.53. The number of nitrogens with zero attached hydrogens (tertiary/aromatic N) is 1. The molecule has 0 radical (unpaired) electrons. The van der Waals surface area contributed by atoms with Crippen LogP contribution in [-0.2, 0) is 0 Å². The van der Waals surface area contributed by atoms with Crippen molar-refractivity contribution in [1.82, 2.24) is 0 Å². The summed E-state index contributed by atoms with van der Waals surface area (Å²) in [5.41, 5.74) is 7.84. The fraction of sp³-hybridized carbons (Fsp3) is 0.500. The Hall–Kier alpha value is -0.650. The van der Waals surface area contributed by atoms with Gasteiger partial charge in [0.25, 0.3) is 0 Å². The standard InChI is InChI=1S/C14H17BrN2OS/c15-9-2-3-12(10(5-9)14(16)19)17-6-8-1-4-13(18)11(8)7-17/h2-3,5,8,11,13,18H,1,4,6-7H2,(H2,16,19). The van der Waals surface area contributed by atoms with E-state index in [1.807, 2.05) is 12.1 Å². The number of aliphatic hydroxyl groups is 1. The van der Waals surface area contributed by atoms with Gasteiger partial charge in [-0.15, -0.1) is 0 Å². The maximum atomic E-state index is 10.0. The van der Waals surface area contributed by atoms with Gasteiger partial charge >= 0.3 is 0 Å². The first-order chi connectivity index (χ1) is 9.06. The molecule has 3 atom stereocenters. The zero-order chi connectivity index (χ0) is 13.6. The number of rotatable bonds is 2. The van der Waals surface area contributed by atoms with Crippen molar-refractivity contribution < 1.29 is 5.11 Å². The van der Waals surface area contributed by atoms with Crippen molar-refractivity contribution in [3.63, 3.8) is 0 Å². The second kappa shape index (κ2) is 5.04. The van der Waals surface area contributed by atoms with E-state index in [0.29, 0.717) is 16.8 Å². The highest BCUT2D eigenvalue weighted by molar-refractivity contribution is 9.10. The maximum Gasteiger partial charge on any atom is 0.106 e. The highest BCUT2D eigenvalue weighted by Crippen LogP contribution is 2.40. The molecule has 1 heterocycles. The average Bonchev–Trinajstić information content (AvgIpc) is 2.92. The molecular weight excluding hydrogens is 324 g/mol. The van der Waals surface area contributed by atoms with E-state index >= 15 is 0 Å². The first-order valence-electron chi connectivity index (χ1n) is 6.58. The van der Waals surface area contributed by atoms with Crippen LogP contribution in [0.3, 0.4) is 0 Å². The molecule has 3 nitrogen and oxygen atoms in total. The van der Waals surface area contributed by atoms with Crippen LogP contribution in [0.1, 0.15) is 18.4 Å². The molecule has 19 heavy (non-hydrogen) atoms. The molecule has 3 rings (SSSR count). The van der Waals surface area contributed by atoms with Gasteiger partial charge in [0.1, 0.15) is 4.99 Å². The van der Waals surface area contributed by atoms with Gasteiger partial charge in [0, 0.05) is 34.7 Å². The number of hydrogen-bond donors (Lipinski definition) is 2. The van der Waals surface area contributed by atoms with Gasteiger partial charge in [-0.2, -0.15) is 0 Å². The predicted octanol–water partition coefficient (Wildman–Crippen LogP) is 2.29. The Bertz CT molecular complexity index is 522. The summed E-state index contributed by atoms with van der Waals surface area (Å²) in [6.45, 7) is 1.90. The maximum absolute atomic E-state index is 10.0. The summed E-state index contributed by atoms with van der Waals surface area (Å²) in [4.78, 5) is 2.74. The van der Waals surface area contributed by atoms with Crippen molar-refractivity contribution >= 4 is 38.8 Å². The lowest BCUT2D eigenvalue weighted by Crippen LogP contribution is -2.26. The Morgan fingerprint density at radius 1 is 1.37 bits per heavy atom. The lowest BCUT2D eigenvalue weighted by atomic mass is 10.00. The number of thiocarbonyl (C=S) groups is 1. The van der Waals surface area contributed by atoms with Gasteiger partial charge in [0.05, 0.1) is 6.10 Å². The summed E-state index contributed by atoms with van der Waals surface area (Å²) in [6.07, 6.45) is 1.94. The number of halogens is 1. The largest absolute Gasteiger partial charge is 0.393 e. The van der Waals surface area contributed by atoms with Crippen LogP contribution in [0.2, 0.25) is 0 Å². The van der Waals surface area contributed by atoms with Gasteiger partial charge in [-0.1, -0.05) is 28.1 Å². The molecule has 0 aromatic heterocycles. The summed E-state index contributed by atoms with van der Waals surface area (Å²) in [6, 6.07) is 6.05. The Labute approximate surface area is 126 Å². The van der Waals surface area contributed by atoms with Gasteiger partial charge in [0.15, 0.2) is 0 Å². The average molecular weight is 341 g/mol. The van der Waals surface area contributed by atoms with Gasteiger partial charge in [-0.25, -0.2) is 0 Å². The van der Waals surface area contributed by atoms with Gasteiger partial charge in [0.2, 0.25) is 0 Å². The molecule has 102 valence electrons. The van der Waals surface area contributed by atoms with E-state index in [2.05, 4.69) is 26.9 Å². The lowest BCUT2D eigenvalue weighted by Gasteiger charge is -2.23. The Morgan fingerprint density at radius 3 is 2.84 bits per heavy atom. The van der Waals surface area contributed by atoms with Crippen LogP contribution in [0.15, 0.2) is 22.7 Å². The van der Waals surface area contributed by atoms with Crippen molar-refractivity contribution in [3.8, 4) is 0 Å².